The van der Waals surface area contributed by atoms with Crippen molar-refractivity contribution < 1.29 is 4.52 Å². The highest BCUT2D eigenvalue weighted by molar-refractivity contribution is 6.31. The van der Waals surface area contributed by atoms with Crippen molar-refractivity contribution in [3.8, 4) is 6.07 Å². The van der Waals surface area contributed by atoms with Crippen LogP contribution in [0.25, 0.3) is 11.1 Å². The van der Waals surface area contributed by atoms with Gasteiger partial charge in [0.15, 0.2) is 16.9 Å². The van der Waals surface area contributed by atoms with E-state index in [-0.39, 0.29) is 0 Å². The molecule has 5 nitrogen and oxygen atoms in total. The van der Waals surface area contributed by atoms with Gasteiger partial charge in [0, 0.05) is 16.9 Å². The minimum absolute atomic E-state index is 0.468. The zero-order chi connectivity index (χ0) is 13.2. The van der Waals surface area contributed by atoms with Crippen LogP contribution in [0.2, 0.25) is 5.02 Å². The van der Waals surface area contributed by atoms with Crippen molar-refractivity contribution in [1.29, 1.82) is 5.26 Å². The van der Waals surface area contributed by atoms with Crippen LogP contribution >= 0.6 is 11.6 Å². The fourth-order valence-electron chi connectivity index (χ4n) is 1.73. The van der Waals surface area contributed by atoms with E-state index in [9.17, 15) is 0 Å². The van der Waals surface area contributed by atoms with E-state index in [4.69, 9.17) is 21.4 Å². The van der Waals surface area contributed by atoms with Crippen LogP contribution in [0, 0.1) is 11.3 Å². The van der Waals surface area contributed by atoms with Gasteiger partial charge in [-0.1, -0.05) is 16.8 Å². The van der Waals surface area contributed by atoms with E-state index >= 15 is 0 Å². The van der Waals surface area contributed by atoms with Gasteiger partial charge in [0.05, 0.1) is 11.6 Å². The molecule has 19 heavy (non-hydrogen) atoms. The Morgan fingerprint density at radius 2 is 2.21 bits per heavy atom. The number of rotatable bonds is 2. The summed E-state index contributed by atoms with van der Waals surface area (Å²) in [6, 6.07) is 10.6. The summed E-state index contributed by atoms with van der Waals surface area (Å²) < 4.78 is 5.14. The lowest BCUT2D eigenvalue weighted by Crippen LogP contribution is -1.92. The molecule has 6 heteroatoms. The quantitative estimate of drug-likeness (QED) is 0.771. The molecule has 92 valence electrons. The minimum atomic E-state index is 0.468. The summed E-state index contributed by atoms with van der Waals surface area (Å²) in [5, 5.41) is 16.3. The summed E-state index contributed by atoms with van der Waals surface area (Å²) in [4.78, 5) is 4.19. The summed E-state index contributed by atoms with van der Waals surface area (Å²) >= 11 is 5.94. The molecule has 0 aliphatic heterocycles. The topological polar surface area (TPSA) is 74.7 Å². The average molecular weight is 271 g/mol. The van der Waals surface area contributed by atoms with Gasteiger partial charge < -0.3 is 9.84 Å². The maximum absolute atomic E-state index is 8.90. The Balaban J connectivity index is 2.02. The van der Waals surface area contributed by atoms with Crippen molar-refractivity contribution in [2.24, 2.45) is 0 Å². The van der Waals surface area contributed by atoms with E-state index in [1.165, 1.54) is 0 Å². The van der Waals surface area contributed by atoms with Crippen LogP contribution in [0.3, 0.4) is 0 Å². The molecule has 1 aromatic carbocycles. The van der Waals surface area contributed by atoms with Crippen molar-refractivity contribution in [2.45, 2.75) is 0 Å². The molecule has 2 heterocycles. The van der Waals surface area contributed by atoms with Gasteiger partial charge in [0.25, 0.3) is 0 Å². The van der Waals surface area contributed by atoms with Crippen LogP contribution in [0.5, 0.6) is 0 Å². The number of benzene rings is 1. The number of halogens is 1. The molecule has 0 spiro atoms. The van der Waals surface area contributed by atoms with E-state index in [1.807, 2.05) is 6.07 Å². The van der Waals surface area contributed by atoms with Crippen LogP contribution in [0.15, 0.2) is 41.1 Å². The van der Waals surface area contributed by atoms with Crippen LogP contribution in [0.1, 0.15) is 5.56 Å². The van der Waals surface area contributed by atoms with Gasteiger partial charge in [-0.15, -0.1) is 0 Å². The lowest BCUT2D eigenvalue weighted by atomic mass is 10.2. The van der Waals surface area contributed by atoms with Crippen molar-refractivity contribution in [3.63, 3.8) is 0 Å². The normalized spacial score (nSPS) is 10.3. The van der Waals surface area contributed by atoms with Gasteiger partial charge in [-0.05, 0) is 30.3 Å². The number of hydrogen-bond donors (Lipinski definition) is 1. The van der Waals surface area contributed by atoms with Crippen molar-refractivity contribution in [3.05, 3.63) is 47.1 Å². The van der Waals surface area contributed by atoms with Gasteiger partial charge >= 0.3 is 0 Å². The molecular weight excluding hydrogens is 264 g/mol. The molecular formula is C13H7ClN4O. The first kappa shape index (κ1) is 11.5. The molecule has 0 aliphatic carbocycles. The minimum Gasteiger partial charge on any atom is -0.352 e. The van der Waals surface area contributed by atoms with Crippen molar-refractivity contribution in [1.82, 2.24) is 10.1 Å². The van der Waals surface area contributed by atoms with Gasteiger partial charge in [-0.3, -0.25) is 0 Å². The highest BCUT2D eigenvalue weighted by Gasteiger charge is 2.09. The van der Waals surface area contributed by atoms with Crippen LogP contribution in [-0.2, 0) is 0 Å². The molecule has 3 rings (SSSR count). The zero-order valence-corrected chi connectivity index (χ0v) is 10.3. The number of nitrogens with one attached hydrogen (secondary N) is 1. The van der Waals surface area contributed by atoms with E-state index in [1.54, 1.807) is 36.5 Å². The summed E-state index contributed by atoms with van der Waals surface area (Å²) in [5.74, 6) is 0.488. The third-order valence-electron chi connectivity index (χ3n) is 2.52. The summed E-state index contributed by atoms with van der Waals surface area (Å²) in [5.41, 5.74) is 2.34. The lowest BCUT2D eigenvalue weighted by molar-refractivity contribution is 0.460. The Hall–Kier alpha value is -2.58. The fourth-order valence-corrected chi connectivity index (χ4v) is 1.96. The Bertz CT molecular complexity index is 791. The number of hydrogen-bond acceptors (Lipinski definition) is 5. The summed E-state index contributed by atoms with van der Waals surface area (Å²) in [7, 11) is 0. The molecule has 1 N–H and O–H groups in total. The number of aromatic nitrogens is 2. The van der Waals surface area contributed by atoms with Crippen molar-refractivity contribution >= 4 is 34.2 Å². The molecule has 0 fully saturated rings. The Morgan fingerprint density at radius 3 is 3.05 bits per heavy atom. The number of pyridine rings is 1. The second-order valence-corrected chi connectivity index (χ2v) is 4.28. The van der Waals surface area contributed by atoms with Gasteiger partial charge in [-0.2, -0.15) is 5.26 Å². The van der Waals surface area contributed by atoms with Gasteiger partial charge in [0.2, 0.25) is 0 Å². The molecule has 0 saturated carbocycles. The standard InChI is InChI=1S/C13H7ClN4O/c14-9-4-8(7-15)5-10(6-9)17-13-12-11(19-18-13)2-1-3-16-12/h1-6H,(H,17,18). The molecule has 0 saturated heterocycles. The van der Waals surface area contributed by atoms with Gasteiger partial charge in [-0.25, -0.2) is 4.98 Å². The molecule has 0 bridgehead atoms. The number of fused-ring (bicyclic) bond motifs is 1. The first-order valence-electron chi connectivity index (χ1n) is 5.44. The maximum Gasteiger partial charge on any atom is 0.200 e. The van der Waals surface area contributed by atoms with Crippen LogP contribution in [-0.4, -0.2) is 10.1 Å². The van der Waals surface area contributed by atoms with E-state index in [0.717, 1.165) is 0 Å². The van der Waals surface area contributed by atoms with Crippen LogP contribution < -0.4 is 5.32 Å². The second-order valence-electron chi connectivity index (χ2n) is 3.85. The largest absolute Gasteiger partial charge is 0.352 e. The first-order valence-corrected chi connectivity index (χ1v) is 5.82. The molecule has 0 amide bonds. The van der Waals surface area contributed by atoms with Crippen LogP contribution in [0.4, 0.5) is 11.5 Å². The smallest absolute Gasteiger partial charge is 0.200 e. The molecule has 0 atom stereocenters. The molecule has 2 aromatic heterocycles. The predicted octanol–water partition coefficient (Wildman–Crippen LogP) is 3.49. The zero-order valence-electron chi connectivity index (χ0n) is 9.59. The summed E-state index contributed by atoms with van der Waals surface area (Å²) in [6.07, 6.45) is 1.66. The highest BCUT2D eigenvalue weighted by atomic mass is 35.5. The monoisotopic (exact) mass is 270 g/mol. The number of nitrogens with zero attached hydrogens (tertiary/aromatic N) is 3. The van der Waals surface area contributed by atoms with Crippen molar-refractivity contribution in [2.75, 3.05) is 5.32 Å². The molecule has 0 radical (unpaired) electrons. The molecule has 0 unspecified atom stereocenters. The average Bonchev–Trinajstić information content (AvgIpc) is 2.82. The fraction of sp³-hybridized carbons (Fsp3) is 0. The number of anilines is 2. The number of nitriles is 1. The van der Waals surface area contributed by atoms with E-state index in [2.05, 4.69) is 15.5 Å². The highest BCUT2D eigenvalue weighted by Crippen LogP contribution is 2.26. The van der Waals surface area contributed by atoms with E-state index in [0.29, 0.717) is 33.2 Å². The lowest BCUT2D eigenvalue weighted by Gasteiger charge is -2.03. The Kier molecular flexibility index (Phi) is 2.78. The second kappa shape index (κ2) is 4.59. The Morgan fingerprint density at radius 1 is 1.32 bits per heavy atom. The SMILES string of the molecule is N#Cc1cc(Cl)cc(Nc2noc3cccnc23)c1. The maximum atomic E-state index is 8.90. The predicted molar refractivity (Wildman–Crippen MR) is 71.3 cm³/mol. The van der Waals surface area contributed by atoms with E-state index < -0.39 is 0 Å². The molecule has 0 aliphatic rings. The third kappa shape index (κ3) is 2.21. The first-order chi connectivity index (χ1) is 9.26. The third-order valence-corrected chi connectivity index (χ3v) is 2.74. The Labute approximate surface area is 113 Å². The molecule has 3 aromatic rings. The van der Waals surface area contributed by atoms with Gasteiger partial charge in [0.1, 0.15) is 0 Å². The summed E-state index contributed by atoms with van der Waals surface area (Å²) in [6.45, 7) is 0.